The highest BCUT2D eigenvalue weighted by atomic mass is 35.5. The van der Waals surface area contributed by atoms with E-state index < -0.39 is 11.7 Å². The molecule has 1 N–H and O–H groups in total. The van der Waals surface area contributed by atoms with Crippen molar-refractivity contribution in [3.05, 3.63) is 94.1 Å². The molecular formula is C21H14Cl2FN5O. The maximum Gasteiger partial charge on any atom is 0.274 e. The lowest BCUT2D eigenvalue weighted by Crippen LogP contribution is -2.24. The third-order valence-electron chi connectivity index (χ3n) is 4.33. The van der Waals surface area contributed by atoms with Gasteiger partial charge in [0, 0.05) is 29.5 Å². The molecule has 2 aromatic heterocycles. The van der Waals surface area contributed by atoms with E-state index >= 15 is 0 Å². The number of aromatic nitrogens is 4. The van der Waals surface area contributed by atoms with Crippen LogP contribution in [0.4, 0.5) is 4.39 Å². The highest BCUT2D eigenvalue weighted by molar-refractivity contribution is 6.31. The third kappa shape index (κ3) is 4.17. The van der Waals surface area contributed by atoms with Gasteiger partial charge in [-0.15, -0.1) is 5.10 Å². The summed E-state index contributed by atoms with van der Waals surface area (Å²) in [5.74, 6) is -0.953. The first kappa shape index (κ1) is 20.0. The minimum Gasteiger partial charge on any atom is -0.346 e. The van der Waals surface area contributed by atoms with Gasteiger partial charge in [-0.3, -0.25) is 9.78 Å². The summed E-state index contributed by atoms with van der Waals surface area (Å²) in [5, 5.41) is 11.6. The number of nitrogens with one attached hydrogen (secondary N) is 1. The van der Waals surface area contributed by atoms with E-state index in [4.69, 9.17) is 23.2 Å². The van der Waals surface area contributed by atoms with E-state index in [1.807, 2.05) is 6.07 Å². The van der Waals surface area contributed by atoms with Crippen molar-refractivity contribution in [1.29, 1.82) is 0 Å². The Kier molecular flexibility index (Phi) is 5.74. The molecule has 2 heterocycles. The van der Waals surface area contributed by atoms with Gasteiger partial charge in [-0.2, -0.15) is 0 Å². The number of rotatable bonds is 5. The van der Waals surface area contributed by atoms with Gasteiger partial charge < -0.3 is 5.32 Å². The SMILES string of the molecule is O=C(NCc1ccc(F)c(Cl)c1)c1nnn(-c2ccc(Cl)cc2)c1-c1cccnc1. The summed E-state index contributed by atoms with van der Waals surface area (Å²) in [4.78, 5) is 17.0. The van der Waals surface area contributed by atoms with Gasteiger partial charge in [0.2, 0.25) is 0 Å². The van der Waals surface area contributed by atoms with Crippen LogP contribution in [0.15, 0.2) is 67.0 Å². The van der Waals surface area contributed by atoms with E-state index in [1.165, 1.54) is 12.1 Å². The molecule has 0 spiro atoms. The lowest BCUT2D eigenvalue weighted by atomic mass is 10.1. The molecule has 0 saturated heterocycles. The van der Waals surface area contributed by atoms with Crippen LogP contribution in [0.25, 0.3) is 16.9 Å². The average Bonchev–Trinajstić information content (AvgIpc) is 3.21. The van der Waals surface area contributed by atoms with E-state index in [-0.39, 0.29) is 17.3 Å². The molecule has 9 heteroatoms. The van der Waals surface area contributed by atoms with Crippen LogP contribution in [0.2, 0.25) is 10.0 Å². The molecule has 30 heavy (non-hydrogen) atoms. The fourth-order valence-electron chi connectivity index (χ4n) is 2.88. The Balaban J connectivity index is 1.67. The van der Waals surface area contributed by atoms with E-state index in [2.05, 4.69) is 20.6 Å². The van der Waals surface area contributed by atoms with Crippen LogP contribution >= 0.6 is 23.2 Å². The molecule has 0 atom stereocenters. The van der Waals surface area contributed by atoms with Crippen molar-refractivity contribution in [3.63, 3.8) is 0 Å². The fraction of sp³-hybridized carbons (Fsp3) is 0.0476. The summed E-state index contributed by atoms with van der Waals surface area (Å²) in [6.45, 7) is 0.152. The number of halogens is 3. The lowest BCUT2D eigenvalue weighted by Gasteiger charge is -2.09. The van der Waals surface area contributed by atoms with Crippen molar-refractivity contribution in [2.75, 3.05) is 0 Å². The van der Waals surface area contributed by atoms with Crippen LogP contribution in [0, 0.1) is 5.82 Å². The summed E-state index contributed by atoms with van der Waals surface area (Å²) in [6.07, 6.45) is 3.26. The minimum absolute atomic E-state index is 0.00789. The molecule has 1 amide bonds. The van der Waals surface area contributed by atoms with Crippen molar-refractivity contribution in [1.82, 2.24) is 25.3 Å². The second-order valence-electron chi connectivity index (χ2n) is 6.35. The summed E-state index contributed by atoms with van der Waals surface area (Å²) in [7, 11) is 0. The molecule has 0 aliphatic heterocycles. The van der Waals surface area contributed by atoms with Crippen LogP contribution < -0.4 is 5.32 Å². The zero-order chi connectivity index (χ0) is 21.1. The second-order valence-corrected chi connectivity index (χ2v) is 7.19. The summed E-state index contributed by atoms with van der Waals surface area (Å²) in [6, 6.07) is 14.8. The molecule has 0 radical (unpaired) electrons. The third-order valence-corrected chi connectivity index (χ3v) is 4.87. The molecule has 0 aliphatic rings. The highest BCUT2D eigenvalue weighted by Crippen LogP contribution is 2.25. The Bertz CT molecular complexity index is 1200. The van der Waals surface area contributed by atoms with Gasteiger partial charge in [-0.05, 0) is 54.1 Å². The van der Waals surface area contributed by atoms with Crippen molar-refractivity contribution in [2.45, 2.75) is 6.54 Å². The molecule has 0 aliphatic carbocycles. The Morgan fingerprint density at radius 1 is 1.10 bits per heavy atom. The highest BCUT2D eigenvalue weighted by Gasteiger charge is 2.22. The molecule has 6 nitrogen and oxygen atoms in total. The zero-order valence-electron chi connectivity index (χ0n) is 15.4. The van der Waals surface area contributed by atoms with Gasteiger partial charge in [-0.1, -0.05) is 34.5 Å². The van der Waals surface area contributed by atoms with Gasteiger partial charge >= 0.3 is 0 Å². The maximum atomic E-state index is 13.3. The van der Waals surface area contributed by atoms with Gasteiger partial charge in [-0.25, -0.2) is 9.07 Å². The Morgan fingerprint density at radius 3 is 2.60 bits per heavy atom. The predicted molar refractivity (Wildman–Crippen MR) is 112 cm³/mol. The normalized spacial score (nSPS) is 10.8. The van der Waals surface area contributed by atoms with Crippen molar-refractivity contribution in [3.8, 4) is 16.9 Å². The number of carbonyl (C=O) groups is 1. The van der Waals surface area contributed by atoms with Gasteiger partial charge in [0.15, 0.2) is 5.69 Å². The van der Waals surface area contributed by atoms with Crippen LogP contribution in [0.3, 0.4) is 0 Å². The molecule has 150 valence electrons. The number of nitrogens with zero attached hydrogens (tertiary/aromatic N) is 4. The lowest BCUT2D eigenvalue weighted by molar-refractivity contribution is 0.0946. The molecule has 4 aromatic rings. The first-order valence-corrected chi connectivity index (χ1v) is 9.62. The van der Waals surface area contributed by atoms with E-state index in [9.17, 15) is 9.18 Å². The fourth-order valence-corrected chi connectivity index (χ4v) is 3.20. The standard InChI is InChI=1S/C21H14Cl2FN5O/c22-15-4-6-16(7-5-15)29-20(14-2-1-9-25-12-14)19(27-28-29)21(30)26-11-13-3-8-18(24)17(23)10-13/h1-10,12H,11H2,(H,26,30). The molecule has 0 bridgehead atoms. The van der Waals surface area contributed by atoms with E-state index in [1.54, 1.807) is 53.5 Å². The van der Waals surface area contributed by atoms with Crippen LogP contribution in [0.1, 0.15) is 16.1 Å². The zero-order valence-corrected chi connectivity index (χ0v) is 16.9. The largest absolute Gasteiger partial charge is 0.346 e. The average molecular weight is 442 g/mol. The summed E-state index contributed by atoms with van der Waals surface area (Å²) >= 11 is 11.8. The molecule has 0 fully saturated rings. The van der Waals surface area contributed by atoms with Crippen LogP contribution in [0.5, 0.6) is 0 Å². The van der Waals surface area contributed by atoms with Crippen LogP contribution in [-0.2, 0) is 6.54 Å². The van der Waals surface area contributed by atoms with Crippen molar-refractivity contribution >= 4 is 29.1 Å². The van der Waals surface area contributed by atoms with Gasteiger partial charge in [0.1, 0.15) is 11.5 Å². The summed E-state index contributed by atoms with van der Waals surface area (Å²) < 4.78 is 14.9. The molecule has 2 aromatic carbocycles. The van der Waals surface area contributed by atoms with Crippen molar-refractivity contribution < 1.29 is 9.18 Å². The number of hydrogen-bond donors (Lipinski definition) is 1. The minimum atomic E-state index is -0.517. The van der Waals surface area contributed by atoms with E-state index in [0.717, 1.165) is 0 Å². The second kappa shape index (κ2) is 8.61. The Labute approximate surface area is 181 Å². The number of carbonyl (C=O) groups excluding carboxylic acids is 1. The Hall–Kier alpha value is -3.29. The first-order valence-electron chi connectivity index (χ1n) is 8.87. The molecular weight excluding hydrogens is 428 g/mol. The van der Waals surface area contributed by atoms with Gasteiger partial charge in [0.25, 0.3) is 5.91 Å². The predicted octanol–water partition coefficient (Wildman–Crippen LogP) is 4.71. The number of benzene rings is 2. The molecule has 4 rings (SSSR count). The van der Waals surface area contributed by atoms with Gasteiger partial charge in [0.05, 0.1) is 10.7 Å². The maximum absolute atomic E-state index is 13.3. The summed E-state index contributed by atoms with van der Waals surface area (Å²) in [5.41, 5.74) is 2.64. The smallest absolute Gasteiger partial charge is 0.274 e. The molecule has 0 saturated carbocycles. The first-order chi connectivity index (χ1) is 14.5. The quantitative estimate of drug-likeness (QED) is 0.486. The van der Waals surface area contributed by atoms with Crippen LogP contribution in [-0.4, -0.2) is 25.9 Å². The van der Waals surface area contributed by atoms with E-state index in [0.29, 0.717) is 27.5 Å². The number of hydrogen-bond acceptors (Lipinski definition) is 4. The Morgan fingerprint density at radius 2 is 1.90 bits per heavy atom. The topological polar surface area (TPSA) is 72.7 Å². The number of pyridine rings is 1. The number of amides is 1. The monoisotopic (exact) mass is 441 g/mol. The van der Waals surface area contributed by atoms with Crippen molar-refractivity contribution in [2.24, 2.45) is 0 Å². The molecule has 0 unspecified atom stereocenters.